The molecule has 0 saturated carbocycles. The van der Waals surface area contributed by atoms with Crippen molar-refractivity contribution in [2.24, 2.45) is 5.73 Å². The van der Waals surface area contributed by atoms with E-state index in [0.717, 1.165) is 24.8 Å². The van der Waals surface area contributed by atoms with E-state index in [4.69, 9.17) is 22.1 Å². The Morgan fingerprint density at radius 3 is 2.73 bits per heavy atom. The van der Waals surface area contributed by atoms with Gasteiger partial charge in [0.25, 0.3) is 0 Å². The van der Waals surface area contributed by atoms with Gasteiger partial charge in [0, 0.05) is 0 Å². The molecular formula is C11H16ClNO2. The van der Waals surface area contributed by atoms with Crippen LogP contribution in [0.4, 0.5) is 0 Å². The van der Waals surface area contributed by atoms with Crippen LogP contribution < -0.4 is 10.5 Å². The van der Waals surface area contributed by atoms with Gasteiger partial charge in [-0.05, 0) is 37.4 Å². The molecule has 0 radical (unpaired) electrons. The van der Waals surface area contributed by atoms with E-state index in [1.807, 2.05) is 6.07 Å². The van der Waals surface area contributed by atoms with Gasteiger partial charge in [0.05, 0.1) is 12.1 Å². The van der Waals surface area contributed by atoms with E-state index >= 15 is 0 Å². The second kappa shape index (κ2) is 5.83. The molecule has 1 aromatic rings. The molecule has 4 heteroatoms. The van der Waals surface area contributed by atoms with Gasteiger partial charge in [-0.2, -0.15) is 0 Å². The van der Waals surface area contributed by atoms with Gasteiger partial charge in [-0.25, -0.2) is 0 Å². The fourth-order valence-electron chi connectivity index (χ4n) is 1.44. The van der Waals surface area contributed by atoms with Crippen molar-refractivity contribution in [2.75, 3.05) is 13.7 Å². The Hall–Kier alpha value is -0.930. The topological polar surface area (TPSA) is 55.5 Å². The molecular weight excluding hydrogens is 214 g/mol. The van der Waals surface area contributed by atoms with Crippen molar-refractivity contribution in [3.05, 3.63) is 22.7 Å². The summed E-state index contributed by atoms with van der Waals surface area (Å²) in [5.41, 5.74) is 6.25. The molecule has 15 heavy (non-hydrogen) atoms. The minimum absolute atomic E-state index is 0.141. The molecule has 0 aromatic heterocycles. The number of hydrogen-bond acceptors (Lipinski definition) is 3. The Kier molecular flexibility index (Phi) is 4.72. The van der Waals surface area contributed by atoms with Gasteiger partial charge in [0.1, 0.15) is 0 Å². The van der Waals surface area contributed by atoms with Gasteiger partial charge in [-0.3, -0.25) is 0 Å². The van der Waals surface area contributed by atoms with Crippen molar-refractivity contribution >= 4 is 11.6 Å². The summed E-state index contributed by atoms with van der Waals surface area (Å²) < 4.78 is 5.02. The lowest BCUT2D eigenvalue weighted by molar-refractivity contribution is 0.370. The summed E-state index contributed by atoms with van der Waals surface area (Å²) >= 11 is 5.86. The zero-order valence-corrected chi connectivity index (χ0v) is 9.55. The van der Waals surface area contributed by atoms with Crippen LogP contribution >= 0.6 is 11.6 Å². The number of aromatic hydroxyl groups is 1. The molecule has 0 aliphatic heterocycles. The van der Waals surface area contributed by atoms with E-state index in [-0.39, 0.29) is 5.75 Å². The average Bonchev–Trinajstić information content (AvgIpc) is 2.22. The number of methoxy groups -OCH3 is 1. The van der Waals surface area contributed by atoms with E-state index in [1.54, 1.807) is 6.07 Å². The maximum absolute atomic E-state index is 9.83. The summed E-state index contributed by atoms with van der Waals surface area (Å²) in [6.07, 6.45) is 2.69. The lowest BCUT2D eigenvalue weighted by atomic mass is 10.1. The van der Waals surface area contributed by atoms with E-state index < -0.39 is 0 Å². The molecule has 0 atom stereocenters. The Labute approximate surface area is 94.8 Å². The highest BCUT2D eigenvalue weighted by Crippen LogP contribution is 2.37. The molecule has 0 saturated heterocycles. The number of benzene rings is 1. The van der Waals surface area contributed by atoms with Gasteiger partial charge in [0.15, 0.2) is 11.5 Å². The first kappa shape index (κ1) is 12.1. The van der Waals surface area contributed by atoms with Crippen LogP contribution in [0.2, 0.25) is 5.02 Å². The zero-order valence-electron chi connectivity index (χ0n) is 8.79. The Morgan fingerprint density at radius 1 is 1.40 bits per heavy atom. The maximum Gasteiger partial charge on any atom is 0.179 e. The molecule has 0 spiro atoms. The molecule has 0 aliphatic carbocycles. The fourth-order valence-corrected chi connectivity index (χ4v) is 1.67. The summed E-state index contributed by atoms with van der Waals surface area (Å²) in [5.74, 6) is 0.490. The highest BCUT2D eigenvalue weighted by atomic mass is 35.5. The first-order valence-electron chi connectivity index (χ1n) is 4.95. The van der Waals surface area contributed by atoms with Gasteiger partial charge in [-0.15, -0.1) is 0 Å². The highest BCUT2D eigenvalue weighted by Gasteiger charge is 2.11. The second-order valence-electron chi connectivity index (χ2n) is 3.33. The first-order valence-corrected chi connectivity index (χ1v) is 5.33. The predicted octanol–water partition coefficient (Wildman–Crippen LogP) is 2.34. The normalized spacial score (nSPS) is 10.3. The van der Waals surface area contributed by atoms with Gasteiger partial charge < -0.3 is 15.6 Å². The SMILES string of the molecule is COc1c(Cl)ccc(CCCCN)c1O. The molecule has 1 aromatic carbocycles. The van der Waals surface area contributed by atoms with Crippen molar-refractivity contribution in [2.45, 2.75) is 19.3 Å². The van der Waals surface area contributed by atoms with Crippen molar-refractivity contribution in [3.8, 4) is 11.5 Å². The average molecular weight is 230 g/mol. The molecule has 3 nitrogen and oxygen atoms in total. The number of phenols is 1. The zero-order chi connectivity index (χ0) is 11.3. The summed E-state index contributed by atoms with van der Waals surface area (Å²) in [5, 5.41) is 10.3. The molecule has 84 valence electrons. The van der Waals surface area contributed by atoms with Crippen LogP contribution in [0.1, 0.15) is 18.4 Å². The molecule has 0 bridgehead atoms. The number of rotatable bonds is 5. The summed E-state index contributed by atoms with van der Waals surface area (Å²) in [6, 6.07) is 3.55. The molecule has 3 N–H and O–H groups in total. The third-order valence-corrected chi connectivity index (χ3v) is 2.57. The van der Waals surface area contributed by atoms with Gasteiger partial charge in [0.2, 0.25) is 0 Å². The Bertz CT molecular complexity index is 329. The quantitative estimate of drug-likeness (QED) is 0.762. The summed E-state index contributed by atoms with van der Waals surface area (Å²) in [7, 11) is 1.49. The number of hydrogen-bond donors (Lipinski definition) is 2. The van der Waals surface area contributed by atoms with Crippen molar-refractivity contribution in [3.63, 3.8) is 0 Å². The van der Waals surface area contributed by atoms with E-state index in [1.165, 1.54) is 7.11 Å². The van der Waals surface area contributed by atoms with Crippen LogP contribution in [0.5, 0.6) is 11.5 Å². The Balaban J connectivity index is 2.80. The monoisotopic (exact) mass is 229 g/mol. The molecule has 0 fully saturated rings. The second-order valence-corrected chi connectivity index (χ2v) is 3.74. The standard InChI is InChI=1S/C11H16ClNO2/c1-15-11-9(12)6-5-8(10(11)14)4-2-3-7-13/h5-6,14H,2-4,7,13H2,1H3. The fraction of sp³-hybridized carbons (Fsp3) is 0.455. The smallest absolute Gasteiger partial charge is 0.179 e. The Morgan fingerprint density at radius 2 is 2.13 bits per heavy atom. The number of phenolic OH excluding ortho intramolecular Hbond substituents is 1. The van der Waals surface area contributed by atoms with Crippen molar-refractivity contribution in [1.29, 1.82) is 0 Å². The maximum atomic E-state index is 9.83. The summed E-state index contributed by atoms with van der Waals surface area (Å²) in [6.45, 7) is 0.672. The number of nitrogens with two attached hydrogens (primary N) is 1. The lowest BCUT2D eigenvalue weighted by Gasteiger charge is -2.10. The minimum Gasteiger partial charge on any atom is -0.504 e. The largest absolute Gasteiger partial charge is 0.504 e. The third-order valence-electron chi connectivity index (χ3n) is 2.27. The lowest BCUT2D eigenvalue weighted by Crippen LogP contribution is -1.99. The highest BCUT2D eigenvalue weighted by molar-refractivity contribution is 6.32. The number of ether oxygens (including phenoxy) is 1. The number of aryl methyl sites for hydroxylation is 1. The molecule has 0 aliphatic rings. The molecule has 0 heterocycles. The third kappa shape index (κ3) is 3.01. The van der Waals surface area contributed by atoms with Crippen LogP contribution in [0.15, 0.2) is 12.1 Å². The van der Waals surface area contributed by atoms with Gasteiger partial charge in [-0.1, -0.05) is 17.7 Å². The van der Waals surface area contributed by atoms with Gasteiger partial charge >= 0.3 is 0 Å². The van der Waals surface area contributed by atoms with E-state index in [0.29, 0.717) is 17.3 Å². The van der Waals surface area contributed by atoms with Crippen LogP contribution in [-0.2, 0) is 6.42 Å². The van der Waals surface area contributed by atoms with Crippen LogP contribution in [0, 0.1) is 0 Å². The minimum atomic E-state index is 0.141. The first-order chi connectivity index (χ1) is 7.20. The van der Waals surface area contributed by atoms with Crippen molar-refractivity contribution < 1.29 is 9.84 Å². The molecule has 0 amide bonds. The van der Waals surface area contributed by atoms with Crippen molar-refractivity contribution in [1.82, 2.24) is 0 Å². The van der Waals surface area contributed by atoms with Crippen LogP contribution in [0.25, 0.3) is 0 Å². The number of halogens is 1. The predicted molar refractivity (Wildman–Crippen MR) is 61.7 cm³/mol. The van der Waals surface area contributed by atoms with Crippen LogP contribution in [0.3, 0.4) is 0 Å². The summed E-state index contributed by atoms with van der Waals surface area (Å²) in [4.78, 5) is 0. The van der Waals surface area contributed by atoms with E-state index in [2.05, 4.69) is 0 Å². The number of unbranched alkanes of at least 4 members (excludes halogenated alkanes) is 1. The van der Waals surface area contributed by atoms with E-state index in [9.17, 15) is 5.11 Å². The molecule has 1 rings (SSSR count). The van der Waals surface area contributed by atoms with Crippen LogP contribution in [-0.4, -0.2) is 18.8 Å². The molecule has 0 unspecified atom stereocenters.